The third-order valence-corrected chi connectivity index (χ3v) is 12.4. The van der Waals surface area contributed by atoms with E-state index in [1.54, 1.807) is 33.7 Å². The van der Waals surface area contributed by atoms with E-state index in [0.29, 0.717) is 52.4 Å². The summed E-state index contributed by atoms with van der Waals surface area (Å²) in [5.41, 5.74) is 0. The maximum atomic E-state index is 14.7. The molecule has 7 atom stereocenters. The Morgan fingerprint density at radius 2 is 1.80 bits per heavy atom. The molecule has 4 saturated heterocycles. The number of halogens is 1. The zero-order valence-corrected chi connectivity index (χ0v) is 27.2. The first-order valence-electron chi connectivity index (χ1n) is 15.0. The minimum atomic E-state index is -0.768. The lowest BCUT2D eigenvalue weighted by Gasteiger charge is -2.41. The summed E-state index contributed by atoms with van der Waals surface area (Å²) in [6, 6.07) is -1.29. The maximum absolute atomic E-state index is 14.7. The van der Waals surface area contributed by atoms with Gasteiger partial charge in [-0.3, -0.25) is 19.3 Å². The van der Waals surface area contributed by atoms with Crippen LogP contribution >= 0.6 is 27.7 Å². The number of thioether (sulfide) groups is 1. The average molecular weight is 656 g/mol. The topological polar surface area (TPSA) is 93.6 Å². The molecule has 1 spiro atoms. The molecule has 41 heavy (non-hydrogen) atoms. The third-order valence-electron chi connectivity index (χ3n) is 9.17. The molecule has 11 heteroatoms. The Hall–Kier alpha value is -1.40. The largest absolute Gasteiger partial charge is 0.394 e. The molecule has 0 aliphatic carbocycles. The van der Waals surface area contributed by atoms with E-state index in [1.165, 1.54) is 0 Å². The number of likely N-dealkylation sites (tertiary alicyclic amines) is 1. The van der Waals surface area contributed by atoms with Crippen LogP contribution in [0.4, 0.5) is 0 Å². The number of aliphatic hydroxyl groups is 1. The molecule has 2 bridgehead atoms. The molecule has 0 aromatic heterocycles. The van der Waals surface area contributed by atoms with Crippen LogP contribution in [-0.4, -0.2) is 135 Å². The van der Waals surface area contributed by atoms with Crippen LogP contribution in [0.25, 0.3) is 0 Å². The van der Waals surface area contributed by atoms with Crippen molar-refractivity contribution < 1.29 is 24.2 Å². The van der Waals surface area contributed by atoms with Crippen molar-refractivity contribution in [2.24, 2.45) is 17.8 Å². The van der Waals surface area contributed by atoms with E-state index in [2.05, 4.69) is 34.0 Å². The van der Waals surface area contributed by atoms with Gasteiger partial charge in [0.15, 0.2) is 0 Å². The lowest BCUT2D eigenvalue weighted by atomic mass is 9.70. The SMILES string of the molecule is C=CCN(CCN1CCOCC1)C(=O)C1N([C@@H](CO)C(C)C)C(=O)[C@@H]2[C@H](C(=O)N(CC=C)CCC)[C@H]3SC12CC3Br. The van der Waals surface area contributed by atoms with Gasteiger partial charge in [0, 0.05) is 55.9 Å². The fourth-order valence-corrected chi connectivity index (χ4v) is 10.8. The lowest BCUT2D eigenvalue weighted by Crippen LogP contribution is -2.59. The van der Waals surface area contributed by atoms with E-state index in [0.717, 1.165) is 19.5 Å². The molecule has 0 radical (unpaired) electrons. The first kappa shape index (κ1) is 32.5. The van der Waals surface area contributed by atoms with Gasteiger partial charge in [0.05, 0.1) is 42.4 Å². The molecular weight excluding hydrogens is 608 g/mol. The second-order valence-electron chi connectivity index (χ2n) is 12.0. The van der Waals surface area contributed by atoms with Gasteiger partial charge in [-0.1, -0.05) is 48.9 Å². The summed E-state index contributed by atoms with van der Waals surface area (Å²) in [6.07, 6.45) is 4.88. The van der Waals surface area contributed by atoms with Crippen LogP contribution in [0.2, 0.25) is 0 Å². The van der Waals surface area contributed by atoms with Crippen molar-refractivity contribution in [3.63, 3.8) is 0 Å². The molecule has 4 aliphatic heterocycles. The van der Waals surface area contributed by atoms with E-state index < -0.39 is 28.7 Å². The highest BCUT2D eigenvalue weighted by Crippen LogP contribution is 2.68. The Labute approximate surface area is 257 Å². The van der Waals surface area contributed by atoms with Crippen molar-refractivity contribution in [2.75, 3.05) is 65.6 Å². The van der Waals surface area contributed by atoms with Crippen molar-refractivity contribution in [2.45, 2.75) is 60.5 Å². The summed E-state index contributed by atoms with van der Waals surface area (Å²) in [6.45, 7) is 19.1. The number of amides is 3. The summed E-state index contributed by atoms with van der Waals surface area (Å²) < 4.78 is 4.74. The molecule has 4 fully saturated rings. The quantitative estimate of drug-likeness (QED) is 0.227. The highest BCUT2D eigenvalue weighted by molar-refractivity contribution is 9.09. The number of fused-ring (bicyclic) bond motifs is 1. The summed E-state index contributed by atoms with van der Waals surface area (Å²) >= 11 is 5.51. The fraction of sp³-hybridized carbons (Fsp3) is 0.767. The number of carbonyl (C=O) groups is 3. The minimum absolute atomic E-state index is 0.000730. The van der Waals surface area contributed by atoms with Gasteiger partial charge in [-0.05, 0) is 18.8 Å². The van der Waals surface area contributed by atoms with Crippen LogP contribution < -0.4 is 0 Å². The van der Waals surface area contributed by atoms with Crippen molar-refractivity contribution in [3.8, 4) is 0 Å². The molecule has 9 nitrogen and oxygen atoms in total. The number of carbonyl (C=O) groups excluding carboxylic acids is 3. The number of alkyl halides is 1. The number of hydrogen-bond donors (Lipinski definition) is 1. The predicted molar refractivity (Wildman–Crippen MR) is 166 cm³/mol. The fourth-order valence-electron chi connectivity index (χ4n) is 7.24. The van der Waals surface area contributed by atoms with E-state index in [1.807, 2.05) is 25.7 Å². The number of rotatable bonds is 14. The highest BCUT2D eigenvalue weighted by atomic mass is 79.9. The van der Waals surface area contributed by atoms with Crippen LogP contribution in [0.1, 0.15) is 33.6 Å². The second kappa shape index (κ2) is 13.9. The zero-order chi connectivity index (χ0) is 29.9. The van der Waals surface area contributed by atoms with Gasteiger partial charge in [0.2, 0.25) is 17.7 Å². The molecule has 0 aromatic carbocycles. The van der Waals surface area contributed by atoms with Crippen LogP contribution in [-0.2, 0) is 19.1 Å². The average Bonchev–Trinajstić information content (AvgIpc) is 3.54. The number of nitrogens with zero attached hydrogens (tertiary/aromatic N) is 4. The summed E-state index contributed by atoms with van der Waals surface area (Å²) in [5.74, 6) is -1.55. The number of morpholine rings is 1. The predicted octanol–water partition coefficient (Wildman–Crippen LogP) is 2.24. The smallest absolute Gasteiger partial charge is 0.247 e. The second-order valence-corrected chi connectivity index (χ2v) is 14.7. The molecule has 3 unspecified atom stereocenters. The zero-order valence-electron chi connectivity index (χ0n) is 24.8. The maximum Gasteiger partial charge on any atom is 0.247 e. The van der Waals surface area contributed by atoms with Crippen molar-refractivity contribution in [1.82, 2.24) is 19.6 Å². The Morgan fingerprint density at radius 3 is 2.37 bits per heavy atom. The molecular formula is C30H47BrN4O5S. The van der Waals surface area contributed by atoms with Gasteiger partial charge < -0.3 is 24.5 Å². The van der Waals surface area contributed by atoms with Crippen LogP contribution in [0.3, 0.4) is 0 Å². The van der Waals surface area contributed by atoms with Gasteiger partial charge in [-0.15, -0.1) is 24.9 Å². The Kier molecular flexibility index (Phi) is 11.0. The summed E-state index contributed by atoms with van der Waals surface area (Å²) in [5, 5.41) is 10.4. The molecule has 3 amide bonds. The van der Waals surface area contributed by atoms with Crippen LogP contribution in [0.15, 0.2) is 25.3 Å². The van der Waals surface area contributed by atoms with Crippen molar-refractivity contribution in [3.05, 3.63) is 25.3 Å². The number of ether oxygens (including phenoxy) is 1. The Morgan fingerprint density at radius 1 is 1.17 bits per heavy atom. The normalized spacial score (nSPS) is 31.8. The number of hydrogen-bond acceptors (Lipinski definition) is 7. The van der Waals surface area contributed by atoms with Gasteiger partial charge in [0.25, 0.3) is 0 Å². The van der Waals surface area contributed by atoms with Crippen LogP contribution in [0.5, 0.6) is 0 Å². The number of aliphatic hydroxyl groups excluding tert-OH is 1. The summed E-state index contributed by atoms with van der Waals surface area (Å²) in [7, 11) is 0. The van der Waals surface area contributed by atoms with E-state index in [-0.39, 0.29) is 40.3 Å². The standard InChI is InChI=1S/C30H47BrN4O5S/c1-6-9-33(10-7-2)27(37)23-24-28(38)35(22(19-36)20(4)5)26(30(24)18-21(31)25(23)41-30)29(39)34(11-8-3)13-12-32-14-16-40-17-15-32/h6,8,20-26,36H,1,3,7,9-19H2,2,4-5H3/t21?,22-,23-,24-,25-,26?,30?/m0/s1. The molecule has 4 rings (SSSR count). The van der Waals surface area contributed by atoms with Gasteiger partial charge in [-0.2, -0.15) is 0 Å². The van der Waals surface area contributed by atoms with Gasteiger partial charge >= 0.3 is 0 Å². The molecule has 4 aliphatic rings. The van der Waals surface area contributed by atoms with Crippen molar-refractivity contribution in [1.29, 1.82) is 0 Å². The highest BCUT2D eigenvalue weighted by Gasteiger charge is 2.76. The molecule has 4 heterocycles. The molecule has 0 aromatic rings. The van der Waals surface area contributed by atoms with Gasteiger partial charge in [-0.25, -0.2) is 0 Å². The molecule has 0 saturated carbocycles. The van der Waals surface area contributed by atoms with Gasteiger partial charge in [0.1, 0.15) is 6.04 Å². The first-order chi connectivity index (χ1) is 19.7. The minimum Gasteiger partial charge on any atom is -0.394 e. The Balaban J connectivity index is 1.73. The summed E-state index contributed by atoms with van der Waals surface area (Å²) in [4.78, 5) is 50.9. The monoisotopic (exact) mass is 654 g/mol. The Bertz CT molecular complexity index is 994. The molecule has 1 N–H and O–H groups in total. The lowest BCUT2D eigenvalue weighted by molar-refractivity contribution is -0.148. The van der Waals surface area contributed by atoms with E-state index in [9.17, 15) is 19.5 Å². The first-order valence-corrected chi connectivity index (χ1v) is 16.8. The van der Waals surface area contributed by atoms with E-state index >= 15 is 0 Å². The van der Waals surface area contributed by atoms with E-state index in [4.69, 9.17) is 4.74 Å². The van der Waals surface area contributed by atoms with Crippen LogP contribution in [0, 0.1) is 17.8 Å². The van der Waals surface area contributed by atoms with Crippen molar-refractivity contribution >= 4 is 45.4 Å². The third kappa shape index (κ3) is 6.03. The molecule has 230 valence electrons.